The summed E-state index contributed by atoms with van der Waals surface area (Å²) in [4.78, 5) is 20.4. The molecule has 0 amide bonds. The van der Waals surface area contributed by atoms with Crippen molar-refractivity contribution in [3.05, 3.63) is 64.0 Å². The van der Waals surface area contributed by atoms with Gasteiger partial charge in [0, 0.05) is 22.1 Å². The summed E-state index contributed by atoms with van der Waals surface area (Å²) in [6.07, 6.45) is 1.70. The number of fused-ring (bicyclic) bond motifs is 1. The maximum atomic E-state index is 12.7. The molecule has 0 aliphatic carbocycles. The van der Waals surface area contributed by atoms with Crippen molar-refractivity contribution in [3.63, 3.8) is 0 Å². The summed E-state index contributed by atoms with van der Waals surface area (Å²) in [6.45, 7) is 5.95. The van der Waals surface area contributed by atoms with Crippen molar-refractivity contribution in [1.82, 2.24) is 20.2 Å². The number of nitrogens with one attached hydrogen (secondary N) is 3. The molecule has 2 aromatic heterocycles. The van der Waals surface area contributed by atoms with E-state index in [1.807, 2.05) is 57.2 Å². The Morgan fingerprint density at radius 3 is 2.54 bits per heavy atom. The molecule has 28 heavy (non-hydrogen) atoms. The normalized spacial score (nSPS) is 11.7. The minimum absolute atomic E-state index is 0.283. The van der Waals surface area contributed by atoms with Gasteiger partial charge in [-0.2, -0.15) is 5.10 Å². The zero-order chi connectivity index (χ0) is 19.9. The van der Waals surface area contributed by atoms with Crippen LogP contribution in [-0.4, -0.2) is 25.7 Å². The Labute approximate surface area is 167 Å². The van der Waals surface area contributed by atoms with Crippen LogP contribution in [0, 0.1) is 0 Å². The van der Waals surface area contributed by atoms with Crippen molar-refractivity contribution < 1.29 is 0 Å². The van der Waals surface area contributed by atoms with Crippen LogP contribution in [0.1, 0.15) is 20.8 Å². The molecule has 0 saturated carbocycles. The predicted molar refractivity (Wildman–Crippen MR) is 114 cm³/mol. The van der Waals surface area contributed by atoms with Gasteiger partial charge >= 0.3 is 0 Å². The van der Waals surface area contributed by atoms with Crippen LogP contribution in [0.4, 0.5) is 5.82 Å². The second-order valence-corrected chi connectivity index (χ2v) is 8.08. The van der Waals surface area contributed by atoms with E-state index in [-0.39, 0.29) is 16.9 Å². The first kappa shape index (κ1) is 18.3. The zero-order valence-corrected chi connectivity index (χ0v) is 16.6. The fourth-order valence-electron chi connectivity index (χ4n) is 3.06. The van der Waals surface area contributed by atoms with Crippen LogP contribution in [0.25, 0.3) is 33.4 Å². The van der Waals surface area contributed by atoms with E-state index < -0.39 is 0 Å². The van der Waals surface area contributed by atoms with E-state index in [9.17, 15) is 4.79 Å². The van der Waals surface area contributed by atoms with E-state index >= 15 is 0 Å². The van der Waals surface area contributed by atoms with Crippen molar-refractivity contribution >= 4 is 28.3 Å². The average molecular weight is 394 g/mol. The molecule has 3 N–H and O–H groups in total. The Morgan fingerprint density at radius 2 is 1.82 bits per heavy atom. The molecule has 0 spiro atoms. The molecule has 0 aliphatic rings. The monoisotopic (exact) mass is 393 g/mol. The molecule has 2 heterocycles. The van der Waals surface area contributed by atoms with Crippen LogP contribution in [0.3, 0.4) is 0 Å². The highest BCUT2D eigenvalue weighted by Gasteiger charge is 2.19. The lowest BCUT2D eigenvalue weighted by Crippen LogP contribution is -2.31. The quantitative estimate of drug-likeness (QED) is 0.464. The smallest absolute Gasteiger partial charge is 0.291 e. The van der Waals surface area contributed by atoms with Crippen molar-refractivity contribution in [2.45, 2.75) is 26.3 Å². The Balaban J connectivity index is 1.97. The molecule has 0 fully saturated rings. The summed E-state index contributed by atoms with van der Waals surface area (Å²) < 4.78 is 0. The maximum absolute atomic E-state index is 12.7. The summed E-state index contributed by atoms with van der Waals surface area (Å²) in [6, 6.07) is 13.5. The summed E-state index contributed by atoms with van der Waals surface area (Å²) in [7, 11) is 0. The first-order chi connectivity index (χ1) is 13.3. The molecule has 142 valence electrons. The Bertz CT molecular complexity index is 1210. The van der Waals surface area contributed by atoms with Crippen LogP contribution < -0.4 is 10.9 Å². The number of anilines is 1. The van der Waals surface area contributed by atoms with Crippen LogP contribution in [0.15, 0.2) is 53.5 Å². The standard InChI is InChI=1S/C21H20ClN5O/c1-21(2,3)26-19-20(28)25-18(17(24-19)12-7-5-4-6-8-12)13-9-14-11-23-27-16(14)15(22)10-13/h4-11H,1-3H3,(H,23,27)(H,24,26)(H,25,28). The number of H-pyrrole nitrogens is 2. The van der Waals surface area contributed by atoms with E-state index in [1.54, 1.807) is 12.3 Å². The highest BCUT2D eigenvalue weighted by molar-refractivity contribution is 6.35. The average Bonchev–Trinajstić information content (AvgIpc) is 3.12. The molecule has 4 aromatic rings. The minimum Gasteiger partial charge on any atom is -0.361 e. The lowest BCUT2D eigenvalue weighted by Gasteiger charge is -2.21. The zero-order valence-electron chi connectivity index (χ0n) is 15.8. The van der Waals surface area contributed by atoms with Gasteiger partial charge in [-0.3, -0.25) is 9.89 Å². The predicted octanol–water partition coefficient (Wildman–Crippen LogP) is 4.84. The topological polar surface area (TPSA) is 86.5 Å². The van der Waals surface area contributed by atoms with Gasteiger partial charge in [0.1, 0.15) is 0 Å². The molecule has 4 rings (SSSR count). The second kappa shape index (κ2) is 6.80. The Hall–Kier alpha value is -3.12. The molecule has 0 atom stereocenters. The molecule has 7 heteroatoms. The first-order valence-electron chi connectivity index (χ1n) is 8.93. The van der Waals surface area contributed by atoms with Gasteiger partial charge in [0.05, 0.1) is 28.1 Å². The van der Waals surface area contributed by atoms with Crippen molar-refractivity contribution in [1.29, 1.82) is 0 Å². The van der Waals surface area contributed by atoms with Gasteiger partial charge in [0.15, 0.2) is 5.82 Å². The molecule has 6 nitrogen and oxygen atoms in total. The molecular weight excluding hydrogens is 374 g/mol. The number of halogens is 1. The molecule has 0 saturated heterocycles. The number of aromatic amines is 2. The Morgan fingerprint density at radius 1 is 1.07 bits per heavy atom. The number of nitrogens with zero attached hydrogens (tertiary/aromatic N) is 2. The lowest BCUT2D eigenvalue weighted by atomic mass is 10.0. The third kappa shape index (κ3) is 3.51. The van der Waals surface area contributed by atoms with E-state index in [2.05, 4.69) is 25.5 Å². The second-order valence-electron chi connectivity index (χ2n) is 7.67. The van der Waals surface area contributed by atoms with Crippen molar-refractivity contribution in [3.8, 4) is 22.5 Å². The fraction of sp³-hybridized carbons (Fsp3) is 0.190. The summed E-state index contributed by atoms with van der Waals surface area (Å²) >= 11 is 6.41. The third-order valence-corrected chi connectivity index (χ3v) is 4.54. The maximum Gasteiger partial charge on any atom is 0.291 e. The number of hydrogen-bond donors (Lipinski definition) is 3. The van der Waals surface area contributed by atoms with E-state index in [0.29, 0.717) is 16.4 Å². The highest BCUT2D eigenvalue weighted by Crippen LogP contribution is 2.33. The molecule has 0 unspecified atom stereocenters. The van der Waals surface area contributed by atoms with Gasteiger partial charge in [0.2, 0.25) is 0 Å². The summed E-state index contributed by atoms with van der Waals surface area (Å²) in [5.74, 6) is 0.283. The highest BCUT2D eigenvalue weighted by atomic mass is 35.5. The van der Waals surface area contributed by atoms with Crippen LogP contribution >= 0.6 is 11.6 Å². The van der Waals surface area contributed by atoms with Crippen LogP contribution in [0.5, 0.6) is 0 Å². The van der Waals surface area contributed by atoms with Crippen molar-refractivity contribution in [2.75, 3.05) is 5.32 Å². The SMILES string of the molecule is CC(C)(C)Nc1nc(-c2ccccc2)c(-c2cc(Cl)c3[nH]ncc3c2)[nH]c1=O. The largest absolute Gasteiger partial charge is 0.361 e. The number of aromatic nitrogens is 4. The van der Waals surface area contributed by atoms with E-state index in [4.69, 9.17) is 11.6 Å². The molecule has 0 bridgehead atoms. The van der Waals surface area contributed by atoms with Crippen LogP contribution in [0.2, 0.25) is 5.02 Å². The first-order valence-corrected chi connectivity index (χ1v) is 9.30. The molecule has 2 aromatic carbocycles. The number of rotatable bonds is 3. The van der Waals surface area contributed by atoms with Crippen molar-refractivity contribution in [2.24, 2.45) is 0 Å². The van der Waals surface area contributed by atoms with Gasteiger partial charge in [-0.05, 0) is 32.9 Å². The van der Waals surface area contributed by atoms with E-state index in [1.165, 1.54) is 0 Å². The van der Waals surface area contributed by atoms with Gasteiger partial charge in [0.25, 0.3) is 5.56 Å². The van der Waals surface area contributed by atoms with Gasteiger partial charge in [-0.1, -0.05) is 41.9 Å². The summed E-state index contributed by atoms with van der Waals surface area (Å²) in [5, 5.41) is 11.5. The van der Waals surface area contributed by atoms with E-state index in [0.717, 1.165) is 22.0 Å². The number of hydrogen-bond acceptors (Lipinski definition) is 4. The van der Waals surface area contributed by atoms with Gasteiger partial charge in [-0.15, -0.1) is 0 Å². The molecule has 0 radical (unpaired) electrons. The van der Waals surface area contributed by atoms with Gasteiger partial charge < -0.3 is 10.3 Å². The summed E-state index contributed by atoms with van der Waals surface area (Å²) in [5.41, 5.74) is 3.13. The molecule has 0 aliphatic heterocycles. The number of benzene rings is 2. The molecular formula is C21H20ClN5O. The Kier molecular flexibility index (Phi) is 4.43. The van der Waals surface area contributed by atoms with Crippen LogP contribution in [-0.2, 0) is 0 Å². The third-order valence-electron chi connectivity index (χ3n) is 4.24. The lowest BCUT2D eigenvalue weighted by molar-refractivity contribution is 0.628. The minimum atomic E-state index is -0.297. The van der Waals surface area contributed by atoms with Gasteiger partial charge in [-0.25, -0.2) is 4.98 Å². The fourth-order valence-corrected chi connectivity index (χ4v) is 3.33.